The molecule has 1 aromatic rings. The van der Waals surface area contributed by atoms with Crippen LogP contribution < -0.4 is 5.32 Å². The minimum atomic E-state index is 0.0422. The number of nitrogens with one attached hydrogen (secondary N) is 1. The van der Waals surface area contributed by atoms with Gasteiger partial charge in [0.05, 0.1) is 6.04 Å². The van der Waals surface area contributed by atoms with Crippen molar-refractivity contribution in [3.8, 4) is 0 Å². The molecule has 0 radical (unpaired) electrons. The number of rotatable bonds is 6. The second-order valence-electron chi connectivity index (χ2n) is 8.36. The van der Waals surface area contributed by atoms with Gasteiger partial charge >= 0.3 is 0 Å². The molecule has 148 valence electrons. The van der Waals surface area contributed by atoms with E-state index < -0.39 is 0 Å². The second kappa shape index (κ2) is 8.97. The number of benzene rings is 1. The normalized spacial score (nSPS) is 26.3. The Balaban J connectivity index is 1.36. The highest BCUT2D eigenvalue weighted by Crippen LogP contribution is 2.36. The van der Waals surface area contributed by atoms with E-state index in [1.165, 1.54) is 55.8 Å². The molecule has 3 aliphatic rings. The van der Waals surface area contributed by atoms with E-state index in [0.29, 0.717) is 0 Å². The molecule has 2 saturated heterocycles. The molecule has 4 nitrogen and oxygen atoms in total. The lowest BCUT2D eigenvalue weighted by molar-refractivity contribution is -0.126. The number of hydrogen-bond donors (Lipinski definition) is 1. The van der Waals surface area contributed by atoms with Crippen molar-refractivity contribution in [1.82, 2.24) is 15.1 Å². The lowest BCUT2D eigenvalue weighted by Gasteiger charge is -2.43. The van der Waals surface area contributed by atoms with Gasteiger partial charge in [-0.3, -0.25) is 14.6 Å². The van der Waals surface area contributed by atoms with Crippen molar-refractivity contribution in [3.63, 3.8) is 0 Å². The Morgan fingerprint density at radius 1 is 1.07 bits per heavy atom. The van der Waals surface area contributed by atoms with Crippen molar-refractivity contribution in [3.05, 3.63) is 35.9 Å². The Bertz CT molecular complexity index is 611. The summed E-state index contributed by atoms with van der Waals surface area (Å²) in [5, 5.41) is 3.39. The largest absolute Gasteiger partial charge is 0.353 e. The van der Waals surface area contributed by atoms with E-state index in [2.05, 4.69) is 57.2 Å². The summed E-state index contributed by atoms with van der Waals surface area (Å²) in [6.45, 7) is 5.12. The number of carbonyl (C=O) groups excluding carboxylic acids is 1. The van der Waals surface area contributed by atoms with Crippen molar-refractivity contribution in [1.29, 1.82) is 0 Å². The van der Waals surface area contributed by atoms with Gasteiger partial charge in [-0.2, -0.15) is 11.8 Å². The Kier molecular flexibility index (Phi) is 6.41. The SMILES string of the molecule is O=C(NCC1(N2CCSCC2)CCCC1)C1CCCN1Cc1ccccc1. The lowest BCUT2D eigenvalue weighted by Crippen LogP contribution is -2.57. The highest BCUT2D eigenvalue weighted by molar-refractivity contribution is 7.99. The predicted molar refractivity (Wildman–Crippen MR) is 113 cm³/mol. The number of amides is 1. The first-order valence-electron chi connectivity index (χ1n) is 10.7. The van der Waals surface area contributed by atoms with Crippen LogP contribution in [0.4, 0.5) is 0 Å². The fourth-order valence-electron chi connectivity index (χ4n) is 5.18. The Morgan fingerprint density at radius 2 is 1.81 bits per heavy atom. The van der Waals surface area contributed by atoms with Crippen LogP contribution in [0.25, 0.3) is 0 Å². The van der Waals surface area contributed by atoms with Gasteiger partial charge < -0.3 is 5.32 Å². The number of thioether (sulfide) groups is 1. The minimum Gasteiger partial charge on any atom is -0.353 e. The van der Waals surface area contributed by atoms with Crippen molar-refractivity contribution in [2.75, 3.05) is 37.7 Å². The maximum absolute atomic E-state index is 13.1. The van der Waals surface area contributed by atoms with Gasteiger partial charge in [-0.15, -0.1) is 0 Å². The van der Waals surface area contributed by atoms with E-state index in [1.54, 1.807) is 0 Å². The van der Waals surface area contributed by atoms with Crippen molar-refractivity contribution in [2.24, 2.45) is 0 Å². The summed E-state index contributed by atoms with van der Waals surface area (Å²) < 4.78 is 0. The highest BCUT2D eigenvalue weighted by Gasteiger charge is 2.41. The summed E-state index contributed by atoms with van der Waals surface area (Å²) in [4.78, 5) is 18.1. The van der Waals surface area contributed by atoms with Gasteiger partial charge in [-0.05, 0) is 37.8 Å². The summed E-state index contributed by atoms with van der Waals surface area (Å²) in [6.07, 6.45) is 7.23. The van der Waals surface area contributed by atoms with Crippen molar-refractivity contribution >= 4 is 17.7 Å². The predicted octanol–water partition coefficient (Wildman–Crippen LogP) is 3.13. The summed E-state index contributed by atoms with van der Waals surface area (Å²) in [5.41, 5.74) is 1.52. The Labute approximate surface area is 168 Å². The molecule has 0 spiro atoms. The lowest BCUT2D eigenvalue weighted by atomic mass is 9.94. The molecular weight excluding hydrogens is 354 g/mol. The molecule has 0 bridgehead atoms. The van der Waals surface area contributed by atoms with E-state index in [-0.39, 0.29) is 17.5 Å². The van der Waals surface area contributed by atoms with Crippen LogP contribution in [0.3, 0.4) is 0 Å². The Hall–Kier alpha value is -1.04. The van der Waals surface area contributed by atoms with Crippen LogP contribution in [0.1, 0.15) is 44.1 Å². The third kappa shape index (κ3) is 4.52. The average Bonchev–Trinajstić information content (AvgIpc) is 3.38. The maximum Gasteiger partial charge on any atom is 0.237 e. The molecule has 1 aliphatic carbocycles. The van der Waals surface area contributed by atoms with Gasteiger partial charge in [0.15, 0.2) is 0 Å². The zero-order valence-electron chi connectivity index (χ0n) is 16.4. The monoisotopic (exact) mass is 387 g/mol. The summed E-state index contributed by atoms with van der Waals surface area (Å²) in [6, 6.07) is 10.6. The molecule has 1 amide bonds. The molecule has 5 heteroatoms. The van der Waals surface area contributed by atoms with E-state index in [0.717, 1.165) is 32.5 Å². The van der Waals surface area contributed by atoms with E-state index in [9.17, 15) is 4.79 Å². The van der Waals surface area contributed by atoms with Crippen LogP contribution >= 0.6 is 11.8 Å². The van der Waals surface area contributed by atoms with Gasteiger partial charge in [0, 0.05) is 43.2 Å². The first-order valence-corrected chi connectivity index (χ1v) is 11.8. The molecule has 2 heterocycles. The number of likely N-dealkylation sites (tertiary alicyclic amines) is 1. The first kappa shape index (κ1) is 19.3. The molecule has 27 heavy (non-hydrogen) atoms. The topological polar surface area (TPSA) is 35.6 Å². The number of carbonyl (C=O) groups is 1. The first-order chi connectivity index (χ1) is 13.3. The van der Waals surface area contributed by atoms with Gasteiger partial charge in [0.1, 0.15) is 0 Å². The van der Waals surface area contributed by atoms with Gasteiger partial charge in [0.2, 0.25) is 5.91 Å². The smallest absolute Gasteiger partial charge is 0.237 e. The van der Waals surface area contributed by atoms with Crippen molar-refractivity contribution in [2.45, 2.75) is 56.7 Å². The quantitative estimate of drug-likeness (QED) is 0.813. The molecule has 1 N–H and O–H groups in total. The molecule has 2 aliphatic heterocycles. The summed E-state index contributed by atoms with van der Waals surface area (Å²) in [5.74, 6) is 2.73. The molecule has 3 fully saturated rings. The molecular formula is C22H33N3OS. The second-order valence-corrected chi connectivity index (χ2v) is 9.59. The number of hydrogen-bond acceptors (Lipinski definition) is 4. The minimum absolute atomic E-state index is 0.0422. The summed E-state index contributed by atoms with van der Waals surface area (Å²) >= 11 is 2.07. The molecule has 4 rings (SSSR count). The third-order valence-electron chi connectivity index (χ3n) is 6.70. The van der Waals surface area contributed by atoms with Gasteiger partial charge in [0.25, 0.3) is 0 Å². The third-order valence-corrected chi connectivity index (χ3v) is 7.65. The van der Waals surface area contributed by atoms with E-state index in [4.69, 9.17) is 0 Å². The van der Waals surface area contributed by atoms with Crippen LogP contribution in [0.5, 0.6) is 0 Å². The molecule has 1 aromatic carbocycles. The van der Waals surface area contributed by atoms with Crippen LogP contribution in [-0.2, 0) is 11.3 Å². The average molecular weight is 388 g/mol. The zero-order valence-corrected chi connectivity index (χ0v) is 17.2. The standard InChI is InChI=1S/C22H33N3OS/c26-21(20-9-6-12-24(20)17-19-7-2-1-3-8-19)23-18-22(10-4-5-11-22)25-13-15-27-16-14-25/h1-3,7-8,20H,4-6,9-18H2,(H,23,26). The fraction of sp³-hybridized carbons (Fsp3) is 0.682. The van der Waals surface area contributed by atoms with E-state index >= 15 is 0 Å². The van der Waals surface area contributed by atoms with Crippen LogP contribution in [-0.4, -0.2) is 65.0 Å². The molecule has 0 aromatic heterocycles. The van der Waals surface area contributed by atoms with Crippen LogP contribution in [0, 0.1) is 0 Å². The highest BCUT2D eigenvalue weighted by atomic mass is 32.2. The summed E-state index contributed by atoms with van der Waals surface area (Å²) in [7, 11) is 0. The zero-order chi connectivity index (χ0) is 18.5. The van der Waals surface area contributed by atoms with Crippen LogP contribution in [0.15, 0.2) is 30.3 Å². The molecule has 1 saturated carbocycles. The molecule has 1 atom stereocenters. The van der Waals surface area contributed by atoms with Gasteiger partial charge in [-0.1, -0.05) is 43.2 Å². The van der Waals surface area contributed by atoms with Crippen molar-refractivity contribution < 1.29 is 4.79 Å². The number of nitrogens with zero attached hydrogens (tertiary/aromatic N) is 2. The van der Waals surface area contributed by atoms with Crippen LogP contribution in [0.2, 0.25) is 0 Å². The van der Waals surface area contributed by atoms with E-state index in [1.807, 2.05) is 0 Å². The Morgan fingerprint density at radius 3 is 2.56 bits per heavy atom. The maximum atomic E-state index is 13.1. The molecule has 1 unspecified atom stereocenters. The van der Waals surface area contributed by atoms with Gasteiger partial charge in [-0.25, -0.2) is 0 Å². The fourth-order valence-corrected chi connectivity index (χ4v) is 6.08.